The van der Waals surface area contributed by atoms with Gasteiger partial charge in [0.2, 0.25) is 11.7 Å². The molecule has 1 aliphatic carbocycles. The number of ether oxygens (including phenoxy) is 3. The topological polar surface area (TPSA) is 95.2 Å². The first-order chi connectivity index (χ1) is 18.4. The van der Waals surface area contributed by atoms with Crippen molar-refractivity contribution in [2.24, 2.45) is 0 Å². The summed E-state index contributed by atoms with van der Waals surface area (Å²) in [6, 6.07) is 11.1. The minimum absolute atomic E-state index is 0.108. The minimum Gasteiger partial charge on any atom is -0.493 e. The van der Waals surface area contributed by atoms with Gasteiger partial charge in [-0.2, -0.15) is 0 Å². The molecule has 1 N–H and O–H groups in total. The highest BCUT2D eigenvalue weighted by Crippen LogP contribution is 2.42. The van der Waals surface area contributed by atoms with Crippen LogP contribution < -0.4 is 19.5 Å². The van der Waals surface area contributed by atoms with E-state index in [9.17, 15) is 9.59 Å². The molecule has 2 aromatic heterocycles. The van der Waals surface area contributed by atoms with Gasteiger partial charge in [-0.25, -0.2) is 0 Å². The first-order valence-corrected chi connectivity index (χ1v) is 13.1. The number of aromatic nitrogens is 1. The van der Waals surface area contributed by atoms with Crippen LogP contribution in [0.4, 0.5) is 0 Å². The van der Waals surface area contributed by atoms with Crippen molar-refractivity contribution in [1.29, 1.82) is 0 Å². The summed E-state index contributed by atoms with van der Waals surface area (Å²) in [7, 11) is 4.65. The maximum absolute atomic E-state index is 14.1. The SMILES string of the molecule is COc1ccc(CN2C(=O)c3ccc(-c4ccco4)n3C[C@]2(C)C(=O)NC2CCCCC2)c(OC)c1OC. The lowest BCUT2D eigenvalue weighted by Gasteiger charge is -2.45. The maximum Gasteiger partial charge on any atom is 0.271 e. The fourth-order valence-electron chi connectivity index (χ4n) is 5.71. The van der Waals surface area contributed by atoms with Crippen LogP contribution in [0.5, 0.6) is 17.2 Å². The molecule has 0 unspecified atom stereocenters. The normalized spacial score (nSPS) is 19.7. The molecule has 2 amide bonds. The third-order valence-electron chi connectivity index (χ3n) is 7.82. The van der Waals surface area contributed by atoms with E-state index in [1.807, 2.05) is 35.8 Å². The third kappa shape index (κ3) is 4.40. The zero-order valence-corrected chi connectivity index (χ0v) is 22.4. The average Bonchev–Trinajstić information content (AvgIpc) is 3.61. The fraction of sp³-hybridized carbons (Fsp3) is 0.448. The second kappa shape index (κ2) is 10.5. The number of hydrogen-bond donors (Lipinski definition) is 1. The number of carbonyl (C=O) groups is 2. The minimum atomic E-state index is -1.17. The number of carbonyl (C=O) groups excluding carboxylic acids is 2. The van der Waals surface area contributed by atoms with Gasteiger partial charge < -0.3 is 33.4 Å². The molecule has 2 aliphatic rings. The molecule has 1 aromatic carbocycles. The van der Waals surface area contributed by atoms with Crippen LogP contribution in [-0.2, 0) is 17.9 Å². The molecule has 0 radical (unpaired) electrons. The van der Waals surface area contributed by atoms with Crippen LogP contribution in [0.15, 0.2) is 47.1 Å². The lowest BCUT2D eigenvalue weighted by Crippen LogP contribution is -2.64. The van der Waals surface area contributed by atoms with Crippen LogP contribution in [-0.4, -0.2) is 54.2 Å². The van der Waals surface area contributed by atoms with Crippen molar-refractivity contribution >= 4 is 11.8 Å². The van der Waals surface area contributed by atoms with Gasteiger partial charge in [-0.1, -0.05) is 19.3 Å². The predicted octanol–water partition coefficient (Wildman–Crippen LogP) is 4.64. The van der Waals surface area contributed by atoms with E-state index in [0.717, 1.165) is 31.4 Å². The van der Waals surface area contributed by atoms with Gasteiger partial charge in [-0.3, -0.25) is 9.59 Å². The number of methoxy groups -OCH3 is 3. The van der Waals surface area contributed by atoms with E-state index in [4.69, 9.17) is 18.6 Å². The summed E-state index contributed by atoms with van der Waals surface area (Å²) in [6.07, 6.45) is 6.88. The zero-order valence-electron chi connectivity index (χ0n) is 22.4. The number of amides is 2. The van der Waals surface area contributed by atoms with Crippen molar-refractivity contribution in [2.45, 2.75) is 63.7 Å². The van der Waals surface area contributed by atoms with E-state index in [1.54, 1.807) is 44.6 Å². The lowest BCUT2D eigenvalue weighted by atomic mass is 9.91. The molecular formula is C29H35N3O6. The third-order valence-corrected chi connectivity index (χ3v) is 7.82. The summed E-state index contributed by atoms with van der Waals surface area (Å²) < 4.78 is 24.2. The molecule has 9 nitrogen and oxygen atoms in total. The van der Waals surface area contributed by atoms with Crippen LogP contribution >= 0.6 is 0 Å². The van der Waals surface area contributed by atoms with Crippen LogP contribution in [0, 0.1) is 0 Å². The number of furan rings is 1. The van der Waals surface area contributed by atoms with E-state index in [1.165, 1.54) is 6.42 Å². The Balaban J connectivity index is 1.57. The fourth-order valence-corrected chi connectivity index (χ4v) is 5.71. The van der Waals surface area contributed by atoms with Crippen molar-refractivity contribution in [3.05, 3.63) is 53.9 Å². The summed E-state index contributed by atoms with van der Waals surface area (Å²) >= 11 is 0. The molecular weight excluding hydrogens is 486 g/mol. The van der Waals surface area contributed by atoms with E-state index < -0.39 is 5.54 Å². The van der Waals surface area contributed by atoms with Gasteiger partial charge in [0.25, 0.3) is 5.91 Å². The van der Waals surface area contributed by atoms with Gasteiger partial charge in [0.15, 0.2) is 11.5 Å². The van der Waals surface area contributed by atoms with E-state index in [2.05, 4.69) is 5.32 Å². The van der Waals surface area contributed by atoms with Crippen molar-refractivity contribution in [1.82, 2.24) is 14.8 Å². The Kier molecular flexibility index (Phi) is 7.10. The van der Waals surface area contributed by atoms with E-state index in [-0.39, 0.29) is 30.9 Å². The van der Waals surface area contributed by atoms with Crippen LogP contribution in [0.25, 0.3) is 11.5 Å². The largest absolute Gasteiger partial charge is 0.493 e. The van der Waals surface area contributed by atoms with Crippen LogP contribution in [0.3, 0.4) is 0 Å². The van der Waals surface area contributed by atoms with Gasteiger partial charge in [-0.05, 0) is 56.2 Å². The molecule has 1 aliphatic heterocycles. The van der Waals surface area contributed by atoms with Crippen molar-refractivity contribution in [3.8, 4) is 28.7 Å². The Morgan fingerprint density at radius 1 is 1.00 bits per heavy atom. The summed E-state index contributed by atoms with van der Waals surface area (Å²) in [5.41, 5.74) is 0.804. The zero-order chi connectivity index (χ0) is 26.9. The van der Waals surface area contributed by atoms with E-state index >= 15 is 0 Å². The molecule has 0 spiro atoms. The first-order valence-electron chi connectivity index (χ1n) is 13.1. The smallest absolute Gasteiger partial charge is 0.271 e. The maximum atomic E-state index is 14.1. The molecule has 0 saturated heterocycles. The number of rotatable bonds is 8. The Hall–Kier alpha value is -3.88. The standard InChI is InChI=1S/C29H35N3O6/c1-29(28(34)30-20-9-6-5-7-10-20)18-31-21(23-11-8-16-38-23)13-14-22(31)27(33)32(29)17-19-12-15-24(35-2)26(37-4)25(19)36-3/h8,11-16,20H,5-7,9-10,17-18H2,1-4H3,(H,30,34)/t29-/m1/s1. The molecule has 3 heterocycles. The van der Waals surface area contributed by atoms with E-state index in [0.29, 0.717) is 34.3 Å². The van der Waals surface area contributed by atoms with Crippen molar-refractivity contribution in [3.63, 3.8) is 0 Å². The molecule has 5 rings (SSSR count). The molecule has 3 aromatic rings. The van der Waals surface area contributed by atoms with Gasteiger partial charge >= 0.3 is 0 Å². The highest BCUT2D eigenvalue weighted by molar-refractivity contribution is 6.00. The van der Waals surface area contributed by atoms with Crippen molar-refractivity contribution in [2.75, 3.05) is 21.3 Å². The molecule has 1 saturated carbocycles. The second-order valence-electron chi connectivity index (χ2n) is 10.1. The molecule has 1 atom stereocenters. The summed E-state index contributed by atoms with van der Waals surface area (Å²) in [5.74, 6) is 1.66. The number of fused-ring (bicyclic) bond motifs is 1. The average molecular weight is 522 g/mol. The summed E-state index contributed by atoms with van der Waals surface area (Å²) in [6.45, 7) is 2.27. The van der Waals surface area contributed by atoms with Gasteiger partial charge in [0, 0.05) is 11.6 Å². The lowest BCUT2D eigenvalue weighted by molar-refractivity contribution is -0.134. The Bertz CT molecular complexity index is 1310. The Morgan fingerprint density at radius 2 is 1.74 bits per heavy atom. The number of hydrogen-bond acceptors (Lipinski definition) is 6. The van der Waals surface area contributed by atoms with Gasteiger partial charge in [0.05, 0.1) is 46.4 Å². The number of benzene rings is 1. The van der Waals surface area contributed by atoms with Crippen molar-refractivity contribution < 1.29 is 28.2 Å². The summed E-state index contributed by atoms with van der Waals surface area (Å²) in [4.78, 5) is 29.8. The quantitative estimate of drug-likeness (QED) is 0.464. The van der Waals surface area contributed by atoms with Gasteiger partial charge in [0.1, 0.15) is 17.0 Å². The highest BCUT2D eigenvalue weighted by Gasteiger charge is 2.48. The molecule has 9 heteroatoms. The van der Waals surface area contributed by atoms with Gasteiger partial charge in [-0.15, -0.1) is 0 Å². The molecule has 38 heavy (non-hydrogen) atoms. The number of nitrogens with zero attached hydrogens (tertiary/aromatic N) is 2. The first kappa shape index (κ1) is 25.8. The number of nitrogens with one attached hydrogen (secondary N) is 1. The molecule has 0 bridgehead atoms. The molecule has 1 fully saturated rings. The van der Waals surface area contributed by atoms with Crippen LogP contribution in [0.2, 0.25) is 0 Å². The Labute approximate surface area is 222 Å². The van der Waals surface area contributed by atoms with Crippen LogP contribution in [0.1, 0.15) is 55.1 Å². The highest BCUT2D eigenvalue weighted by atomic mass is 16.5. The summed E-state index contributed by atoms with van der Waals surface area (Å²) in [5, 5.41) is 3.27. The Morgan fingerprint density at radius 3 is 2.39 bits per heavy atom. The monoisotopic (exact) mass is 521 g/mol. The second-order valence-corrected chi connectivity index (χ2v) is 10.1. The predicted molar refractivity (Wildman–Crippen MR) is 142 cm³/mol. The molecule has 202 valence electrons.